The van der Waals surface area contributed by atoms with E-state index in [-0.39, 0.29) is 13.1 Å². The number of nitrogens with one attached hydrogen (secondary N) is 1. The van der Waals surface area contributed by atoms with Gasteiger partial charge >= 0.3 is 41.2 Å². The molecule has 0 saturated carbocycles. The van der Waals surface area contributed by atoms with Crippen molar-refractivity contribution in [2.24, 2.45) is 0 Å². The average Bonchev–Trinajstić information content (AvgIpc) is 2.72. The Balaban J connectivity index is 3.29. The minimum Gasteiger partial charge on any atom is -0.743 e. The quantitative estimate of drug-likeness (QED) is 0.105. The number of hydrogen-bond acceptors (Lipinski definition) is 8. The average molecular weight is 571 g/mol. The molecule has 0 aromatic heterocycles. The van der Waals surface area contributed by atoms with Crippen LogP contribution in [0.4, 0.5) is 43.9 Å². The number of halogens is 10. The van der Waals surface area contributed by atoms with E-state index in [9.17, 15) is 66.5 Å². The summed E-state index contributed by atoms with van der Waals surface area (Å²) in [6, 6.07) is 0. The van der Waals surface area contributed by atoms with E-state index in [1.807, 2.05) is 0 Å². The number of ether oxygens (including phenoxy) is 2. The van der Waals surface area contributed by atoms with E-state index in [2.05, 4.69) is 21.4 Å². The van der Waals surface area contributed by atoms with Crippen LogP contribution in [-0.2, 0) is 29.2 Å². The number of esters is 1. The summed E-state index contributed by atoms with van der Waals surface area (Å²) < 4.78 is 172. The van der Waals surface area contributed by atoms with E-state index in [0.717, 1.165) is 0 Å². The molecular weight excluding hydrogens is 554 g/mol. The maximum absolute atomic E-state index is 13.9. The standard InChI is InChI=1S/C16H18F10N2O7S/c1-9(14(19,20)21)10(29)35-13(15(22,23)24,11(30)28-6-4-27-5-7-28)34-8-2-3-12(17,18)16(25,26)36(31,32)33/h27H,1-8H2,(H,31,32,33)/p-1. The molecule has 210 valence electrons. The number of hydrogen-bond donors (Lipinski definition) is 1. The summed E-state index contributed by atoms with van der Waals surface area (Å²) >= 11 is 0. The molecule has 0 aromatic rings. The van der Waals surface area contributed by atoms with Crippen molar-refractivity contribution < 1.29 is 75.9 Å². The molecule has 1 atom stereocenters. The number of carbonyl (C=O) groups is 2. The highest BCUT2D eigenvalue weighted by Crippen LogP contribution is 2.42. The zero-order valence-corrected chi connectivity index (χ0v) is 18.5. The van der Waals surface area contributed by atoms with Crippen LogP contribution in [0.2, 0.25) is 0 Å². The topological polar surface area (TPSA) is 125 Å². The summed E-state index contributed by atoms with van der Waals surface area (Å²) in [6.07, 6.45) is -15.7. The minimum absolute atomic E-state index is 0.117. The molecule has 1 rings (SSSR count). The van der Waals surface area contributed by atoms with Gasteiger partial charge in [-0.15, -0.1) is 0 Å². The first-order chi connectivity index (χ1) is 16.0. The first-order valence-corrected chi connectivity index (χ1v) is 10.8. The number of piperazine rings is 1. The fraction of sp³-hybridized carbons (Fsp3) is 0.750. The summed E-state index contributed by atoms with van der Waals surface area (Å²) in [5.41, 5.74) is -2.50. The maximum Gasteiger partial charge on any atom is 0.466 e. The number of rotatable bonds is 10. The largest absolute Gasteiger partial charge is 0.743 e. The molecule has 1 unspecified atom stereocenters. The van der Waals surface area contributed by atoms with Crippen LogP contribution in [0.3, 0.4) is 0 Å². The predicted octanol–water partition coefficient (Wildman–Crippen LogP) is 1.91. The third-order valence-corrected chi connectivity index (χ3v) is 5.49. The van der Waals surface area contributed by atoms with Gasteiger partial charge in [-0.05, 0) is 6.42 Å². The Kier molecular flexibility index (Phi) is 9.43. The molecule has 1 amide bonds. The van der Waals surface area contributed by atoms with Crippen LogP contribution in [0.15, 0.2) is 12.2 Å². The molecule has 20 heteroatoms. The Morgan fingerprint density at radius 3 is 1.89 bits per heavy atom. The molecule has 1 heterocycles. The molecule has 0 spiro atoms. The fourth-order valence-electron chi connectivity index (χ4n) is 2.62. The molecule has 0 aliphatic carbocycles. The van der Waals surface area contributed by atoms with Crippen LogP contribution >= 0.6 is 0 Å². The lowest BCUT2D eigenvalue weighted by atomic mass is 10.1. The summed E-state index contributed by atoms with van der Waals surface area (Å²) in [5, 5.41) is -3.57. The Hall–Kier alpha value is -2.19. The fourth-order valence-corrected chi connectivity index (χ4v) is 3.09. The third-order valence-electron chi connectivity index (χ3n) is 4.56. The van der Waals surface area contributed by atoms with Gasteiger partial charge < -0.3 is 24.2 Å². The van der Waals surface area contributed by atoms with Gasteiger partial charge in [-0.25, -0.2) is 13.2 Å². The van der Waals surface area contributed by atoms with Crippen molar-refractivity contribution in [1.82, 2.24) is 10.2 Å². The Labute approximate surface area is 196 Å². The Bertz CT molecular complexity index is 946. The lowest BCUT2D eigenvalue weighted by Gasteiger charge is -2.38. The van der Waals surface area contributed by atoms with Gasteiger partial charge in [-0.1, -0.05) is 6.58 Å². The summed E-state index contributed by atoms with van der Waals surface area (Å²) in [5.74, 6) is -15.6. The summed E-state index contributed by atoms with van der Waals surface area (Å²) in [4.78, 5) is 24.7. The van der Waals surface area contributed by atoms with Gasteiger partial charge in [0.15, 0.2) is 10.1 Å². The first-order valence-electron chi connectivity index (χ1n) is 9.42. The van der Waals surface area contributed by atoms with Crippen molar-refractivity contribution in [3.63, 3.8) is 0 Å². The second-order valence-corrected chi connectivity index (χ2v) is 8.57. The van der Waals surface area contributed by atoms with Crippen LogP contribution in [-0.4, -0.2) is 91.8 Å². The van der Waals surface area contributed by atoms with Crippen molar-refractivity contribution in [1.29, 1.82) is 0 Å². The highest BCUT2D eigenvalue weighted by atomic mass is 32.2. The highest BCUT2D eigenvalue weighted by Gasteiger charge is 2.68. The predicted molar refractivity (Wildman–Crippen MR) is 94.3 cm³/mol. The summed E-state index contributed by atoms with van der Waals surface area (Å²) in [7, 11) is -6.92. The van der Waals surface area contributed by atoms with Gasteiger partial charge in [-0.2, -0.15) is 43.9 Å². The van der Waals surface area contributed by atoms with E-state index in [0.29, 0.717) is 4.90 Å². The number of alkyl halides is 10. The molecular formula is C16H17F10N2O7S-. The number of amides is 1. The van der Waals surface area contributed by atoms with Crippen molar-refractivity contribution in [2.45, 2.75) is 42.2 Å². The van der Waals surface area contributed by atoms with E-state index in [1.165, 1.54) is 0 Å². The van der Waals surface area contributed by atoms with Crippen molar-refractivity contribution >= 4 is 22.0 Å². The van der Waals surface area contributed by atoms with Gasteiger partial charge in [0.25, 0.3) is 0 Å². The zero-order chi connectivity index (χ0) is 28.4. The van der Waals surface area contributed by atoms with Gasteiger partial charge in [0, 0.05) is 32.6 Å². The molecule has 1 N–H and O–H groups in total. The molecule has 1 saturated heterocycles. The lowest BCUT2D eigenvalue weighted by Crippen LogP contribution is -2.64. The lowest BCUT2D eigenvalue weighted by molar-refractivity contribution is -0.351. The normalized spacial score (nSPS) is 17.9. The molecule has 1 fully saturated rings. The zero-order valence-electron chi connectivity index (χ0n) is 17.6. The van der Waals surface area contributed by atoms with Crippen LogP contribution in [0, 0.1) is 0 Å². The molecule has 1 aliphatic rings. The Morgan fingerprint density at radius 1 is 0.972 bits per heavy atom. The van der Waals surface area contributed by atoms with E-state index in [4.69, 9.17) is 0 Å². The van der Waals surface area contributed by atoms with Gasteiger partial charge in [0.2, 0.25) is 0 Å². The summed E-state index contributed by atoms with van der Waals surface area (Å²) in [6.45, 7) is -0.809. The molecule has 0 radical (unpaired) electrons. The van der Waals surface area contributed by atoms with E-state index >= 15 is 0 Å². The monoisotopic (exact) mass is 571 g/mol. The van der Waals surface area contributed by atoms with Gasteiger partial charge in [-0.3, -0.25) is 4.79 Å². The van der Waals surface area contributed by atoms with E-state index < -0.39 is 89.4 Å². The molecule has 0 bridgehead atoms. The van der Waals surface area contributed by atoms with Gasteiger partial charge in [0.05, 0.1) is 6.61 Å². The van der Waals surface area contributed by atoms with Crippen LogP contribution in [0.25, 0.3) is 0 Å². The highest BCUT2D eigenvalue weighted by molar-refractivity contribution is 7.86. The van der Waals surface area contributed by atoms with Crippen LogP contribution in [0.1, 0.15) is 12.8 Å². The molecule has 1 aliphatic heterocycles. The van der Waals surface area contributed by atoms with Crippen molar-refractivity contribution in [2.75, 3.05) is 32.8 Å². The number of carbonyl (C=O) groups excluding carboxylic acids is 2. The van der Waals surface area contributed by atoms with Crippen LogP contribution in [0.5, 0.6) is 0 Å². The molecule has 36 heavy (non-hydrogen) atoms. The van der Waals surface area contributed by atoms with Crippen LogP contribution < -0.4 is 5.32 Å². The maximum atomic E-state index is 13.9. The van der Waals surface area contributed by atoms with Crippen molar-refractivity contribution in [3.05, 3.63) is 12.2 Å². The minimum atomic E-state index is -6.92. The smallest absolute Gasteiger partial charge is 0.466 e. The van der Waals surface area contributed by atoms with E-state index in [1.54, 1.807) is 0 Å². The second-order valence-electron chi connectivity index (χ2n) is 7.15. The SMILES string of the molecule is C=C(C(=O)OC(OCCCC(F)(F)C(F)(F)S(=O)(=O)[O-])(C(=O)N1CCNCC1)C(F)(F)F)C(F)(F)F. The van der Waals surface area contributed by atoms with Crippen molar-refractivity contribution in [3.8, 4) is 0 Å². The second kappa shape index (κ2) is 10.7. The third kappa shape index (κ3) is 6.76. The Morgan fingerprint density at radius 2 is 1.47 bits per heavy atom. The van der Waals surface area contributed by atoms with Gasteiger partial charge in [0.1, 0.15) is 5.57 Å². The molecule has 0 aromatic carbocycles. The first kappa shape index (κ1) is 31.8. The number of nitrogens with zero attached hydrogens (tertiary/aromatic N) is 1. The molecule has 9 nitrogen and oxygen atoms in total.